The van der Waals surface area contributed by atoms with Gasteiger partial charge >= 0.3 is 5.69 Å². The molecule has 0 radical (unpaired) electrons. The first-order chi connectivity index (χ1) is 8.56. The van der Waals surface area contributed by atoms with E-state index in [1.54, 1.807) is 24.0 Å². The molecule has 0 bridgehead atoms. The molecule has 7 heteroatoms. The van der Waals surface area contributed by atoms with Crippen LogP contribution in [-0.4, -0.2) is 19.7 Å². The van der Waals surface area contributed by atoms with Gasteiger partial charge in [-0.1, -0.05) is 0 Å². The zero-order valence-electron chi connectivity index (χ0n) is 10.1. The third kappa shape index (κ3) is 2.62. The first kappa shape index (κ1) is 12.0. The summed E-state index contributed by atoms with van der Waals surface area (Å²) in [7, 11) is 1.82. The molecule has 0 aliphatic carbocycles. The molecule has 0 aliphatic heterocycles. The number of rotatable bonds is 4. The Balaban J connectivity index is 2.16. The van der Waals surface area contributed by atoms with Crippen molar-refractivity contribution in [2.24, 2.45) is 7.05 Å². The molecular weight excluding hydrogens is 234 g/mol. The molecular formula is C11H13N5O2. The maximum atomic E-state index is 10.9. The monoisotopic (exact) mass is 247 g/mol. The lowest BCUT2D eigenvalue weighted by molar-refractivity contribution is -0.384. The topological polar surface area (TPSA) is 85.9 Å². The third-order valence-corrected chi connectivity index (χ3v) is 2.42. The molecule has 7 nitrogen and oxygen atoms in total. The van der Waals surface area contributed by atoms with Crippen molar-refractivity contribution in [1.82, 2.24) is 14.8 Å². The number of aryl methyl sites for hydroxylation is 2. The molecule has 2 aromatic heterocycles. The van der Waals surface area contributed by atoms with Crippen molar-refractivity contribution >= 4 is 11.5 Å². The van der Waals surface area contributed by atoms with Gasteiger partial charge in [0.05, 0.1) is 11.1 Å². The summed E-state index contributed by atoms with van der Waals surface area (Å²) < 4.78 is 1.67. The quantitative estimate of drug-likeness (QED) is 0.655. The molecule has 0 atom stereocenters. The van der Waals surface area contributed by atoms with Gasteiger partial charge in [0.1, 0.15) is 0 Å². The van der Waals surface area contributed by atoms with Gasteiger partial charge in [-0.2, -0.15) is 5.10 Å². The number of nitrogens with zero attached hydrogens (tertiary/aromatic N) is 4. The van der Waals surface area contributed by atoms with Crippen LogP contribution in [0.3, 0.4) is 0 Å². The predicted octanol–water partition coefficient (Wildman–Crippen LogP) is 1.64. The fraction of sp³-hybridized carbons (Fsp3) is 0.273. The minimum absolute atomic E-state index is 0.0149. The average molecular weight is 247 g/mol. The first-order valence-electron chi connectivity index (χ1n) is 5.38. The van der Waals surface area contributed by atoms with Crippen molar-refractivity contribution in [2.45, 2.75) is 13.5 Å². The van der Waals surface area contributed by atoms with Crippen molar-refractivity contribution in [3.05, 3.63) is 45.9 Å². The molecule has 2 heterocycles. The van der Waals surface area contributed by atoms with E-state index in [1.165, 1.54) is 6.07 Å². The Morgan fingerprint density at radius 1 is 1.50 bits per heavy atom. The Labute approximate surface area is 104 Å². The average Bonchev–Trinajstić information content (AvgIpc) is 2.73. The van der Waals surface area contributed by atoms with Crippen LogP contribution in [-0.2, 0) is 13.6 Å². The highest BCUT2D eigenvalue weighted by Gasteiger charge is 2.15. The van der Waals surface area contributed by atoms with E-state index in [1.807, 2.05) is 13.2 Å². The Kier molecular flexibility index (Phi) is 3.22. The minimum atomic E-state index is -0.439. The second kappa shape index (κ2) is 4.82. The van der Waals surface area contributed by atoms with Crippen LogP contribution in [0.5, 0.6) is 0 Å². The molecule has 0 saturated heterocycles. The lowest BCUT2D eigenvalue weighted by atomic mass is 10.3. The van der Waals surface area contributed by atoms with Crippen LogP contribution in [0.2, 0.25) is 0 Å². The van der Waals surface area contributed by atoms with Gasteiger partial charge in [0.15, 0.2) is 0 Å². The molecule has 2 aromatic rings. The molecule has 94 valence electrons. The number of nitrogens with one attached hydrogen (secondary N) is 1. The van der Waals surface area contributed by atoms with Crippen LogP contribution in [0.15, 0.2) is 24.7 Å². The highest BCUT2D eigenvalue weighted by Crippen LogP contribution is 2.22. The van der Waals surface area contributed by atoms with Crippen molar-refractivity contribution in [3.63, 3.8) is 0 Å². The van der Waals surface area contributed by atoms with Crippen LogP contribution in [0.4, 0.5) is 11.5 Å². The van der Waals surface area contributed by atoms with Gasteiger partial charge in [-0.05, 0) is 12.5 Å². The number of nitro groups is 1. The van der Waals surface area contributed by atoms with Crippen molar-refractivity contribution in [3.8, 4) is 0 Å². The second-order valence-electron chi connectivity index (χ2n) is 4.01. The van der Waals surface area contributed by atoms with Gasteiger partial charge in [0.25, 0.3) is 0 Å². The number of pyridine rings is 1. The number of hydrogen-bond acceptors (Lipinski definition) is 5. The van der Waals surface area contributed by atoms with Crippen LogP contribution in [0.25, 0.3) is 0 Å². The molecule has 0 saturated carbocycles. The number of hydrogen-bond donors (Lipinski definition) is 1. The smallest absolute Gasteiger partial charge is 0.311 e. The molecule has 1 N–H and O–H groups in total. The summed E-state index contributed by atoms with van der Waals surface area (Å²) in [6, 6.07) is 1.50. The van der Waals surface area contributed by atoms with Crippen LogP contribution in [0, 0.1) is 17.0 Å². The highest BCUT2D eigenvalue weighted by atomic mass is 16.6. The maximum absolute atomic E-state index is 10.9. The predicted molar refractivity (Wildman–Crippen MR) is 66.2 cm³/mol. The van der Waals surface area contributed by atoms with E-state index in [4.69, 9.17) is 0 Å². The van der Waals surface area contributed by atoms with E-state index in [-0.39, 0.29) is 11.5 Å². The lowest BCUT2D eigenvalue weighted by Crippen LogP contribution is -2.04. The van der Waals surface area contributed by atoms with Crippen molar-refractivity contribution < 1.29 is 4.92 Å². The van der Waals surface area contributed by atoms with Gasteiger partial charge in [-0.25, -0.2) is 4.98 Å². The zero-order chi connectivity index (χ0) is 13.1. The summed E-state index contributed by atoms with van der Waals surface area (Å²) in [6.07, 6.45) is 5.14. The molecule has 2 rings (SSSR count). The van der Waals surface area contributed by atoms with Crippen molar-refractivity contribution in [1.29, 1.82) is 0 Å². The van der Waals surface area contributed by atoms with Crippen LogP contribution < -0.4 is 5.32 Å². The van der Waals surface area contributed by atoms with Crippen LogP contribution in [0.1, 0.15) is 11.1 Å². The van der Waals surface area contributed by atoms with Gasteiger partial charge < -0.3 is 5.32 Å². The van der Waals surface area contributed by atoms with E-state index < -0.39 is 4.92 Å². The Morgan fingerprint density at radius 3 is 2.89 bits per heavy atom. The molecule has 0 unspecified atom stereocenters. The van der Waals surface area contributed by atoms with E-state index in [9.17, 15) is 10.1 Å². The normalized spacial score (nSPS) is 10.3. The summed E-state index contributed by atoms with van der Waals surface area (Å²) in [5.74, 6) is 0.273. The summed E-state index contributed by atoms with van der Waals surface area (Å²) >= 11 is 0. The van der Waals surface area contributed by atoms with E-state index in [0.717, 1.165) is 11.1 Å². The summed E-state index contributed by atoms with van der Waals surface area (Å²) in [6.45, 7) is 2.22. The highest BCUT2D eigenvalue weighted by molar-refractivity contribution is 5.56. The zero-order valence-corrected chi connectivity index (χ0v) is 10.1. The number of aromatic nitrogens is 3. The molecule has 0 aromatic carbocycles. The minimum Gasteiger partial charge on any atom is -0.360 e. The molecule has 0 fully saturated rings. The molecule has 0 amide bonds. The van der Waals surface area contributed by atoms with Crippen molar-refractivity contribution in [2.75, 3.05) is 5.32 Å². The summed E-state index contributed by atoms with van der Waals surface area (Å²) in [5.41, 5.74) is 1.68. The van der Waals surface area contributed by atoms with E-state index in [0.29, 0.717) is 6.54 Å². The fourth-order valence-corrected chi connectivity index (χ4v) is 1.58. The van der Waals surface area contributed by atoms with E-state index >= 15 is 0 Å². The van der Waals surface area contributed by atoms with Gasteiger partial charge in [0, 0.05) is 37.6 Å². The third-order valence-electron chi connectivity index (χ3n) is 2.42. The summed E-state index contributed by atoms with van der Waals surface area (Å²) in [4.78, 5) is 14.5. The maximum Gasteiger partial charge on any atom is 0.311 e. The summed E-state index contributed by atoms with van der Waals surface area (Å²) in [5, 5.41) is 17.9. The first-order valence-corrected chi connectivity index (χ1v) is 5.38. The SMILES string of the molecule is Cc1cnc(NCc2cnn(C)c2)c([N+](=O)[O-])c1. The molecule has 18 heavy (non-hydrogen) atoms. The Bertz CT molecular complexity index is 579. The van der Waals surface area contributed by atoms with Gasteiger partial charge in [-0.15, -0.1) is 0 Å². The van der Waals surface area contributed by atoms with Crippen LogP contribution >= 0.6 is 0 Å². The standard InChI is InChI=1S/C11H13N5O2/c1-8-3-10(16(17)18)11(12-4-8)13-5-9-6-14-15(2)7-9/h3-4,6-7H,5H2,1-2H3,(H,12,13). The van der Waals surface area contributed by atoms with Gasteiger partial charge in [-0.3, -0.25) is 14.8 Å². The molecule has 0 spiro atoms. The second-order valence-corrected chi connectivity index (χ2v) is 4.01. The van der Waals surface area contributed by atoms with Gasteiger partial charge in [0.2, 0.25) is 5.82 Å². The largest absolute Gasteiger partial charge is 0.360 e. The Morgan fingerprint density at radius 2 is 2.28 bits per heavy atom. The fourth-order valence-electron chi connectivity index (χ4n) is 1.58. The Hall–Kier alpha value is -2.44. The van der Waals surface area contributed by atoms with E-state index in [2.05, 4.69) is 15.4 Å². The number of anilines is 1. The lowest BCUT2D eigenvalue weighted by Gasteiger charge is -2.05. The molecule has 0 aliphatic rings.